The van der Waals surface area contributed by atoms with Gasteiger partial charge >= 0.3 is 0 Å². The van der Waals surface area contributed by atoms with Gasteiger partial charge in [-0.05, 0) is 24.7 Å². The van der Waals surface area contributed by atoms with Crippen LogP contribution in [0.1, 0.15) is 38.3 Å². The van der Waals surface area contributed by atoms with E-state index in [1.54, 1.807) is 0 Å². The highest BCUT2D eigenvalue weighted by molar-refractivity contribution is 5.08. The van der Waals surface area contributed by atoms with Gasteiger partial charge in [0, 0.05) is 44.1 Å². The Labute approximate surface area is 110 Å². The predicted octanol–water partition coefficient (Wildman–Crippen LogP) is 2.01. The highest BCUT2D eigenvalue weighted by atomic mass is 16.5. The maximum absolute atomic E-state index is 5.89. The van der Waals surface area contributed by atoms with Crippen LogP contribution < -0.4 is 5.73 Å². The van der Waals surface area contributed by atoms with Crippen LogP contribution in [0, 0.1) is 11.8 Å². The molecule has 2 N–H and O–H groups in total. The second-order valence-corrected chi connectivity index (χ2v) is 5.62. The summed E-state index contributed by atoms with van der Waals surface area (Å²) in [7, 11) is 0. The van der Waals surface area contributed by atoms with Crippen molar-refractivity contribution in [3.63, 3.8) is 0 Å². The Hall–Kier alpha value is -0.870. The lowest BCUT2D eigenvalue weighted by molar-refractivity contribution is 0.183. The molecule has 0 spiro atoms. The number of nitrogens with two attached hydrogens (primary N) is 1. The molecule has 0 aliphatic carbocycles. The largest absolute Gasteiger partial charge is 0.381 e. The maximum Gasteiger partial charge on any atom is 0.0948 e. The molecule has 2 heterocycles. The van der Waals surface area contributed by atoms with Crippen molar-refractivity contribution in [2.75, 3.05) is 19.8 Å². The van der Waals surface area contributed by atoms with E-state index in [2.05, 4.69) is 23.4 Å². The molecule has 2 atom stereocenters. The van der Waals surface area contributed by atoms with Crippen molar-refractivity contribution in [3.05, 3.63) is 18.2 Å². The molecule has 1 aromatic heterocycles. The van der Waals surface area contributed by atoms with Gasteiger partial charge in [0.05, 0.1) is 6.33 Å². The molecule has 4 heteroatoms. The van der Waals surface area contributed by atoms with E-state index in [0.717, 1.165) is 25.7 Å². The van der Waals surface area contributed by atoms with Crippen LogP contribution in [0.4, 0.5) is 0 Å². The van der Waals surface area contributed by atoms with Crippen LogP contribution in [0.25, 0.3) is 0 Å². The quantitative estimate of drug-likeness (QED) is 0.841. The normalized spacial score (nSPS) is 21.7. The third-order valence-corrected chi connectivity index (χ3v) is 3.99. The molecular formula is C14H25N3O. The highest BCUT2D eigenvalue weighted by Crippen LogP contribution is 2.24. The summed E-state index contributed by atoms with van der Waals surface area (Å²) in [4.78, 5) is 4.29. The van der Waals surface area contributed by atoms with Gasteiger partial charge in [0.2, 0.25) is 0 Å². The zero-order chi connectivity index (χ0) is 13.0. The molecule has 2 rings (SSSR count). The van der Waals surface area contributed by atoms with E-state index in [1.165, 1.54) is 18.5 Å². The fourth-order valence-electron chi connectivity index (χ4n) is 2.69. The second kappa shape index (κ2) is 6.34. The first-order chi connectivity index (χ1) is 8.72. The minimum Gasteiger partial charge on any atom is -0.381 e. The first-order valence-electron chi connectivity index (χ1n) is 7.00. The van der Waals surface area contributed by atoms with Gasteiger partial charge in [0.15, 0.2) is 0 Å². The molecule has 1 aliphatic heterocycles. The number of aryl methyl sites for hydroxylation is 1. The molecule has 4 nitrogen and oxygen atoms in total. The average Bonchev–Trinajstić information content (AvgIpc) is 2.97. The van der Waals surface area contributed by atoms with Gasteiger partial charge in [0.25, 0.3) is 0 Å². The number of aromatic nitrogens is 2. The summed E-state index contributed by atoms with van der Waals surface area (Å²) >= 11 is 0. The van der Waals surface area contributed by atoms with Crippen molar-refractivity contribution in [3.8, 4) is 0 Å². The van der Waals surface area contributed by atoms with Crippen LogP contribution in [0.3, 0.4) is 0 Å². The van der Waals surface area contributed by atoms with E-state index in [9.17, 15) is 0 Å². The van der Waals surface area contributed by atoms with Crippen molar-refractivity contribution in [1.82, 2.24) is 9.55 Å². The third kappa shape index (κ3) is 3.12. The van der Waals surface area contributed by atoms with E-state index in [0.29, 0.717) is 18.4 Å². The van der Waals surface area contributed by atoms with Crippen molar-refractivity contribution in [2.45, 2.75) is 39.2 Å². The summed E-state index contributed by atoms with van der Waals surface area (Å²) in [5.41, 5.74) is 7.17. The average molecular weight is 251 g/mol. The van der Waals surface area contributed by atoms with Crippen LogP contribution >= 0.6 is 0 Å². The minimum absolute atomic E-state index is 0.410. The first-order valence-corrected chi connectivity index (χ1v) is 7.00. The highest BCUT2D eigenvalue weighted by Gasteiger charge is 2.20. The van der Waals surface area contributed by atoms with Gasteiger partial charge < -0.3 is 15.0 Å². The number of hydrogen-bond donors (Lipinski definition) is 1. The Balaban J connectivity index is 1.97. The fourth-order valence-corrected chi connectivity index (χ4v) is 2.69. The van der Waals surface area contributed by atoms with E-state index >= 15 is 0 Å². The van der Waals surface area contributed by atoms with Gasteiger partial charge in [-0.2, -0.15) is 0 Å². The lowest BCUT2D eigenvalue weighted by atomic mass is 9.93. The van der Waals surface area contributed by atoms with Gasteiger partial charge in [0.1, 0.15) is 0 Å². The molecule has 0 saturated carbocycles. The van der Waals surface area contributed by atoms with Crippen molar-refractivity contribution in [2.24, 2.45) is 17.6 Å². The monoisotopic (exact) mass is 251 g/mol. The zero-order valence-corrected chi connectivity index (χ0v) is 11.5. The molecule has 0 bridgehead atoms. The van der Waals surface area contributed by atoms with Crippen molar-refractivity contribution < 1.29 is 4.74 Å². The smallest absolute Gasteiger partial charge is 0.0948 e. The molecule has 2 unspecified atom stereocenters. The third-order valence-electron chi connectivity index (χ3n) is 3.99. The minimum atomic E-state index is 0.410. The predicted molar refractivity (Wildman–Crippen MR) is 72.4 cm³/mol. The molecule has 0 radical (unpaired) electrons. The van der Waals surface area contributed by atoms with E-state index < -0.39 is 0 Å². The number of rotatable bonds is 6. The Bertz CT molecular complexity index is 356. The molecule has 102 valence electrons. The fraction of sp³-hybridized carbons (Fsp3) is 0.786. The van der Waals surface area contributed by atoms with Crippen molar-refractivity contribution in [1.29, 1.82) is 0 Å². The Morgan fingerprint density at radius 3 is 3.00 bits per heavy atom. The first kappa shape index (κ1) is 13.6. The molecule has 1 fully saturated rings. The molecule has 0 amide bonds. The van der Waals surface area contributed by atoms with Gasteiger partial charge in [-0.15, -0.1) is 0 Å². The Kier molecular flexibility index (Phi) is 4.78. The summed E-state index contributed by atoms with van der Waals surface area (Å²) < 4.78 is 7.69. The van der Waals surface area contributed by atoms with Crippen LogP contribution in [0.5, 0.6) is 0 Å². The number of ether oxygens (including phenoxy) is 1. The van der Waals surface area contributed by atoms with Crippen LogP contribution in [-0.2, 0) is 11.3 Å². The van der Waals surface area contributed by atoms with Gasteiger partial charge in [-0.1, -0.05) is 13.8 Å². The lowest BCUT2D eigenvalue weighted by Gasteiger charge is -2.21. The molecule has 18 heavy (non-hydrogen) atoms. The Morgan fingerprint density at radius 2 is 2.39 bits per heavy atom. The standard InChI is InChI=1S/C14H25N3O/c1-11(2)13(7-15)14-8-16-10-17(14)5-3-12-4-6-18-9-12/h8,10-13H,3-7,9,15H2,1-2H3. The molecule has 1 aromatic rings. The topological polar surface area (TPSA) is 53.1 Å². The summed E-state index contributed by atoms with van der Waals surface area (Å²) in [6.07, 6.45) is 6.30. The number of imidazole rings is 1. The number of nitrogens with zero attached hydrogens (tertiary/aromatic N) is 2. The second-order valence-electron chi connectivity index (χ2n) is 5.62. The SMILES string of the molecule is CC(C)C(CN)c1cncn1CCC1CCOC1. The summed E-state index contributed by atoms with van der Waals surface area (Å²) in [5, 5.41) is 0. The van der Waals surface area contributed by atoms with E-state index in [4.69, 9.17) is 10.5 Å². The number of hydrogen-bond acceptors (Lipinski definition) is 3. The molecule has 1 saturated heterocycles. The summed E-state index contributed by atoms with van der Waals surface area (Å²) in [5.74, 6) is 1.68. The Morgan fingerprint density at radius 1 is 1.56 bits per heavy atom. The molecule has 1 aliphatic rings. The summed E-state index contributed by atoms with van der Waals surface area (Å²) in [6.45, 7) is 8.02. The van der Waals surface area contributed by atoms with Crippen LogP contribution in [0.2, 0.25) is 0 Å². The van der Waals surface area contributed by atoms with Crippen LogP contribution in [0.15, 0.2) is 12.5 Å². The lowest BCUT2D eigenvalue weighted by Crippen LogP contribution is -2.21. The van der Waals surface area contributed by atoms with Gasteiger partial charge in [-0.25, -0.2) is 4.98 Å². The summed E-state index contributed by atoms with van der Waals surface area (Å²) in [6, 6.07) is 0. The van der Waals surface area contributed by atoms with E-state index in [1.807, 2.05) is 12.5 Å². The zero-order valence-electron chi connectivity index (χ0n) is 11.5. The van der Waals surface area contributed by atoms with Gasteiger partial charge in [-0.3, -0.25) is 0 Å². The van der Waals surface area contributed by atoms with Crippen LogP contribution in [-0.4, -0.2) is 29.3 Å². The molecule has 0 aromatic carbocycles. The van der Waals surface area contributed by atoms with Crippen molar-refractivity contribution >= 4 is 0 Å². The van der Waals surface area contributed by atoms with E-state index in [-0.39, 0.29) is 0 Å². The molecular weight excluding hydrogens is 226 g/mol. The maximum atomic E-state index is 5.89.